The summed E-state index contributed by atoms with van der Waals surface area (Å²) in [5.74, 6) is -6.08. The summed E-state index contributed by atoms with van der Waals surface area (Å²) in [5, 5.41) is 46.8. The number of hydrogen-bond donors (Lipinski definition) is 7. The Hall–Kier alpha value is -4.49. The molecule has 0 aromatic heterocycles. The van der Waals surface area contributed by atoms with Crippen molar-refractivity contribution in [3.05, 3.63) is 58.7 Å². The van der Waals surface area contributed by atoms with Crippen molar-refractivity contribution in [2.24, 2.45) is 0 Å². The van der Waals surface area contributed by atoms with E-state index in [2.05, 4.69) is 16.0 Å². The van der Waals surface area contributed by atoms with Gasteiger partial charge in [-0.15, -0.1) is 0 Å². The topological polar surface area (TPSA) is 212 Å². The second kappa shape index (κ2) is 17.4. The summed E-state index contributed by atoms with van der Waals surface area (Å²) < 4.78 is 5.67. The molecule has 0 aliphatic carbocycles. The minimum atomic E-state index is -1.42. The van der Waals surface area contributed by atoms with Crippen LogP contribution in [0.15, 0.2) is 36.4 Å². The summed E-state index contributed by atoms with van der Waals surface area (Å²) in [7, 11) is 1.89. The molecule has 13 heteroatoms. The first-order valence-electron chi connectivity index (χ1n) is 13.5. The molecule has 7 N–H and O–H groups in total. The number of benzene rings is 2. The number of hydrogen-bond acceptors (Lipinski definition) is 9. The lowest BCUT2D eigenvalue weighted by molar-refractivity contribution is -0.125. The standard InChI is InChI=1S/C29H37N3O10/c1-30-14-6-4-2-3-5-9-18(33)17-42-19(15-31-26(36)20-10-7-12-22(24(20)34)28(38)39)16-32-27(37)21-11-8-13-23(25(21)35)29(40)41/h7-8,10-13,19,30,34-35H,2-6,9,14-17H2,1H3,(H,31,36)(H,32,37)(H,38,39)(H,40,41). The van der Waals surface area contributed by atoms with Gasteiger partial charge in [-0.1, -0.05) is 31.4 Å². The van der Waals surface area contributed by atoms with E-state index >= 15 is 0 Å². The number of ether oxygens (including phenoxy) is 1. The van der Waals surface area contributed by atoms with Gasteiger partial charge in [0.1, 0.15) is 29.2 Å². The van der Waals surface area contributed by atoms with E-state index in [1.54, 1.807) is 0 Å². The fourth-order valence-electron chi connectivity index (χ4n) is 4.03. The van der Waals surface area contributed by atoms with Crippen LogP contribution in [0.1, 0.15) is 80.0 Å². The molecule has 2 amide bonds. The zero-order valence-corrected chi connectivity index (χ0v) is 23.4. The molecule has 2 aromatic rings. The Kier molecular flexibility index (Phi) is 13.9. The third-order valence-corrected chi connectivity index (χ3v) is 6.37. The van der Waals surface area contributed by atoms with Gasteiger partial charge in [-0.3, -0.25) is 14.4 Å². The molecule has 228 valence electrons. The average Bonchev–Trinajstić information content (AvgIpc) is 2.95. The van der Waals surface area contributed by atoms with E-state index in [1.165, 1.54) is 24.3 Å². The largest absolute Gasteiger partial charge is 0.506 e. The van der Waals surface area contributed by atoms with Crippen LogP contribution in [0.4, 0.5) is 0 Å². The number of carboxylic acid groups (broad SMARTS) is 2. The Balaban J connectivity index is 2.03. The summed E-state index contributed by atoms with van der Waals surface area (Å²) in [6.45, 7) is 0.164. The number of Topliss-reactive ketones (excluding diaryl/α,β-unsaturated/α-hetero) is 1. The number of unbranched alkanes of at least 4 members (excludes halogenated alkanes) is 4. The predicted octanol–water partition coefficient (Wildman–Crippen LogP) is 2.17. The molecule has 0 aliphatic rings. The smallest absolute Gasteiger partial charge is 0.339 e. The fraction of sp³-hybridized carbons (Fsp3) is 0.414. The maximum atomic E-state index is 12.7. The van der Waals surface area contributed by atoms with E-state index in [-0.39, 0.29) is 36.6 Å². The maximum Gasteiger partial charge on any atom is 0.339 e. The number of aromatic hydroxyl groups is 2. The third-order valence-electron chi connectivity index (χ3n) is 6.37. The average molecular weight is 588 g/mol. The van der Waals surface area contributed by atoms with Crippen LogP contribution in [0.5, 0.6) is 11.5 Å². The highest BCUT2D eigenvalue weighted by atomic mass is 16.5. The first kappa shape index (κ1) is 33.7. The molecular formula is C29H37N3O10. The molecule has 2 aromatic carbocycles. The summed E-state index contributed by atoms with van der Waals surface area (Å²) in [5.41, 5.74) is -1.50. The first-order chi connectivity index (χ1) is 20.1. The second-order valence-corrected chi connectivity index (χ2v) is 9.53. The molecular weight excluding hydrogens is 550 g/mol. The van der Waals surface area contributed by atoms with Crippen molar-refractivity contribution in [3.8, 4) is 11.5 Å². The molecule has 0 heterocycles. The lowest BCUT2D eigenvalue weighted by atomic mass is 10.1. The van der Waals surface area contributed by atoms with Gasteiger partial charge in [0.25, 0.3) is 11.8 Å². The van der Waals surface area contributed by atoms with Crippen LogP contribution in [-0.4, -0.2) is 89.4 Å². The molecule has 0 radical (unpaired) electrons. The maximum absolute atomic E-state index is 12.7. The van der Waals surface area contributed by atoms with Crippen molar-refractivity contribution in [1.82, 2.24) is 16.0 Å². The number of phenols is 2. The van der Waals surface area contributed by atoms with E-state index in [0.29, 0.717) is 12.8 Å². The van der Waals surface area contributed by atoms with Crippen molar-refractivity contribution in [3.63, 3.8) is 0 Å². The Morgan fingerprint density at radius 2 is 1.17 bits per heavy atom. The molecule has 0 saturated heterocycles. The number of carbonyl (C=O) groups excluding carboxylic acids is 3. The SMILES string of the molecule is CNCCCCCCCC(=O)COC(CNC(=O)c1cccc(C(=O)O)c1O)CNC(=O)c1cccc(C(=O)O)c1O. The van der Waals surface area contributed by atoms with Gasteiger partial charge in [0.05, 0.1) is 17.2 Å². The molecule has 0 spiro atoms. The molecule has 0 aliphatic heterocycles. The number of carbonyl (C=O) groups is 5. The third kappa shape index (κ3) is 10.5. The minimum absolute atomic E-state index is 0.175. The second-order valence-electron chi connectivity index (χ2n) is 9.53. The van der Waals surface area contributed by atoms with Crippen LogP contribution in [-0.2, 0) is 9.53 Å². The van der Waals surface area contributed by atoms with Gasteiger partial charge in [-0.2, -0.15) is 0 Å². The van der Waals surface area contributed by atoms with Crippen LogP contribution in [0.25, 0.3) is 0 Å². The van der Waals surface area contributed by atoms with Crippen molar-refractivity contribution < 1.29 is 49.1 Å². The van der Waals surface area contributed by atoms with Crippen LogP contribution in [0.2, 0.25) is 0 Å². The Bertz CT molecular complexity index is 1180. The van der Waals surface area contributed by atoms with Crippen molar-refractivity contribution in [2.75, 3.05) is 33.3 Å². The molecule has 0 bridgehead atoms. The van der Waals surface area contributed by atoms with Crippen LogP contribution < -0.4 is 16.0 Å². The zero-order valence-electron chi connectivity index (χ0n) is 23.4. The summed E-state index contributed by atoms with van der Waals surface area (Å²) in [6.07, 6.45) is 4.05. The van der Waals surface area contributed by atoms with Crippen molar-refractivity contribution in [2.45, 2.75) is 44.6 Å². The highest BCUT2D eigenvalue weighted by Gasteiger charge is 2.22. The summed E-state index contributed by atoms with van der Waals surface area (Å²) in [6, 6.07) is 7.33. The zero-order chi connectivity index (χ0) is 31.1. The quantitative estimate of drug-likeness (QED) is 0.118. The van der Waals surface area contributed by atoms with E-state index in [0.717, 1.165) is 44.4 Å². The number of nitrogens with one attached hydrogen (secondary N) is 3. The normalized spacial score (nSPS) is 10.8. The monoisotopic (exact) mass is 587 g/mol. The van der Waals surface area contributed by atoms with Gasteiger partial charge in [0, 0.05) is 19.5 Å². The summed E-state index contributed by atoms with van der Waals surface area (Å²) >= 11 is 0. The molecule has 0 atom stereocenters. The molecule has 13 nitrogen and oxygen atoms in total. The van der Waals surface area contributed by atoms with Crippen molar-refractivity contribution >= 4 is 29.5 Å². The van der Waals surface area contributed by atoms with E-state index in [1.807, 2.05) is 7.05 Å². The number of para-hydroxylation sites is 2. The Morgan fingerprint density at radius 3 is 1.64 bits per heavy atom. The van der Waals surface area contributed by atoms with Crippen LogP contribution >= 0.6 is 0 Å². The fourth-order valence-corrected chi connectivity index (χ4v) is 4.03. The van der Waals surface area contributed by atoms with Crippen molar-refractivity contribution in [1.29, 1.82) is 0 Å². The van der Waals surface area contributed by atoms with E-state index in [4.69, 9.17) is 4.74 Å². The Labute approximate surface area is 242 Å². The van der Waals surface area contributed by atoms with Crippen LogP contribution in [0.3, 0.4) is 0 Å². The van der Waals surface area contributed by atoms with E-state index in [9.17, 15) is 44.4 Å². The van der Waals surface area contributed by atoms with Gasteiger partial charge in [0.2, 0.25) is 0 Å². The number of ketones is 1. The van der Waals surface area contributed by atoms with E-state index < -0.39 is 52.5 Å². The lowest BCUT2D eigenvalue weighted by Crippen LogP contribution is -2.42. The van der Waals surface area contributed by atoms with Gasteiger partial charge in [-0.05, 0) is 50.7 Å². The van der Waals surface area contributed by atoms with Gasteiger partial charge in [-0.25, -0.2) is 9.59 Å². The highest BCUT2D eigenvalue weighted by Crippen LogP contribution is 2.23. The molecule has 2 rings (SSSR count). The highest BCUT2D eigenvalue weighted by molar-refractivity contribution is 6.02. The Morgan fingerprint density at radius 1 is 0.714 bits per heavy atom. The molecule has 0 saturated carbocycles. The van der Waals surface area contributed by atoms with Gasteiger partial charge in [0.15, 0.2) is 5.78 Å². The van der Waals surface area contributed by atoms with Gasteiger partial charge >= 0.3 is 11.9 Å². The molecule has 0 fully saturated rings. The number of amides is 2. The number of carboxylic acids is 2. The van der Waals surface area contributed by atoms with Crippen LogP contribution in [0, 0.1) is 0 Å². The molecule has 0 unspecified atom stereocenters. The summed E-state index contributed by atoms with van der Waals surface area (Å²) in [4.78, 5) is 60.3. The molecule has 42 heavy (non-hydrogen) atoms. The number of aromatic carboxylic acids is 2. The lowest BCUT2D eigenvalue weighted by Gasteiger charge is -2.19. The van der Waals surface area contributed by atoms with Gasteiger partial charge < -0.3 is 41.1 Å². The predicted molar refractivity (Wildman–Crippen MR) is 151 cm³/mol. The number of rotatable bonds is 19. The first-order valence-corrected chi connectivity index (χ1v) is 13.5. The minimum Gasteiger partial charge on any atom is -0.506 e.